The van der Waals surface area contributed by atoms with Crippen LogP contribution in [-0.4, -0.2) is 140 Å². The minimum absolute atomic E-state index is 0.238. The highest BCUT2D eigenvalue weighted by Crippen LogP contribution is 2.30. The van der Waals surface area contributed by atoms with Crippen LogP contribution in [0, 0.1) is 0 Å². The molecule has 0 aromatic rings. The Morgan fingerprint density at radius 3 is 1.36 bits per heavy atom. The number of nitrogens with one attached hydrogen (secondary N) is 1. The summed E-state index contributed by atoms with van der Waals surface area (Å²) < 4.78 is 22.7. The fourth-order valence-corrected chi connectivity index (χ4v) is 9.46. The molecule has 0 aromatic carbocycles. The smallest absolute Gasteiger partial charge is 0.220 e. The lowest BCUT2D eigenvalue weighted by atomic mass is 9.97. The zero-order chi connectivity index (χ0) is 51.0. The molecule has 12 atom stereocenters. The molecule has 412 valence electrons. The molecule has 0 radical (unpaired) electrons. The van der Waals surface area contributed by atoms with Crippen LogP contribution in [0.4, 0.5) is 0 Å². The maximum atomic E-state index is 13.2. The van der Waals surface area contributed by atoms with Crippen molar-refractivity contribution in [1.82, 2.24) is 5.32 Å². The number of carbonyl (C=O) groups is 1. The third-order valence-electron chi connectivity index (χ3n) is 14.1. The van der Waals surface area contributed by atoms with Crippen LogP contribution in [0.5, 0.6) is 0 Å². The van der Waals surface area contributed by atoms with E-state index in [0.29, 0.717) is 6.42 Å². The second-order valence-corrected chi connectivity index (χ2v) is 20.4. The molecule has 0 spiro atoms. The average Bonchev–Trinajstić information content (AvgIpc) is 3.36. The van der Waals surface area contributed by atoms with Gasteiger partial charge in [-0.15, -0.1) is 0 Å². The van der Waals surface area contributed by atoms with Crippen LogP contribution in [0.15, 0.2) is 24.3 Å². The highest BCUT2D eigenvalue weighted by molar-refractivity contribution is 5.76. The van der Waals surface area contributed by atoms with Gasteiger partial charge in [-0.1, -0.05) is 205 Å². The number of hydrogen-bond acceptors (Lipinski definition) is 13. The standard InChI is InChI=1S/C56H105NO13/c1-3-5-7-9-11-13-15-17-18-19-20-21-22-23-24-25-26-28-30-32-34-36-38-40-48(61)57-44(45(60)39-37-35-33-31-29-27-16-14-12-10-8-6-4-2)43-67-55-53(66)51(64)54(47(42-59)69-55)70-56-52(65)50(63)49(62)46(41-58)68-56/h17-18,37,39,44-47,49-56,58-60,62-66H,3-16,19-36,38,40-43H2,1-2H3,(H,57,61). The Morgan fingerprint density at radius 2 is 0.900 bits per heavy atom. The molecule has 2 aliphatic heterocycles. The minimum Gasteiger partial charge on any atom is -0.394 e. The lowest BCUT2D eigenvalue weighted by Gasteiger charge is -2.46. The van der Waals surface area contributed by atoms with E-state index >= 15 is 0 Å². The second-order valence-electron chi connectivity index (χ2n) is 20.4. The predicted octanol–water partition coefficient (Wildman–Crippen LogP) is 8.89. The van der Waals surface area contributed by atoms with Crippen molar-refractivity contribution in [2.45, 2.75) is 306 Å². The highest BCUT2D eigenvalue weighted by atomic mass is 16.7. The fourth-order valence-electron chi connectivity index (χ4n) is 9.46. The van der Waals surface area contributed by atoms with Crippen molar-refractivity contribution in [3.8, 4) is 0 Å². The Balaban J connectivity index is 1.75. The molecule has 2 saturated heterocycles. The molecule has 9 N–H and O–H groups in total. The Labute approximate surface area is 424 Å². The number of aliphatic hydroxyl groups excluding tert-OH is 8. The molecule has 0 aromatic heterocycles. The first-order valence-electron chi connectivity index (χ1n) is 28.6. The first kappa shape index (κ1) is 64.6. The molecule has 2 fully saturated rings. The first-order valence-corrected chi connectivity index (χ1v) is 28.6. The Hall–Kier alpha value is -1.53. The van der Waals surface area contributed by atoms with E-state index in [2.05, 4.69) is 31.3 Å². The Morgan fingerprint density at radius 1 is 0.500 bits per heavy atom. The molecule has 2 heterocycles. The number of rotatable bonds is 45. The topological polar surface area (TPSA) is 228 Å². The number of hydrogen-bond donors (Lipinski definition) is 9. The summed E-state index contributed by atoms with van der Waals surface area (Å²) in [6.07, 6.45) is 32.2. The van der Waals surface area contributed by atoms with Gasteiger partial charge < -0.3 is 65.1 Å². The monoisotopic (exact) mass is 1000 g/mol. The summed E-state index contributed by atoms with van der Waals surface area (Å²) in [5.74, 6) is -0.238. The van der Waals surface area contributed by atoms with E-state index in [9.17, 15) is 45.6 Å². The largest absolute Gasteiger partial charge is 0.394 e. The van der Waals surface area contributed by atoms with Gasteiger partial charge in [0.25, 0.3) is 0 Å². The van der Waals surface area contributed by atoms with Crippen LogP contribution in [0.1, 0.15) is 232 Å². The van der Waals surface area contributed by atoms with Gasteiger partial charge in [0, 0.05) is 6.42 Å². The van der Waals surface area contributed by atoms with E-state index < -0.39 is 86.8 Å². The number of amides is 1. The van der Waals surface area contributed by atoms with Gasteiger partial charge in [0.2, 0.25) is 5.91 Å². The molecule has 70 heavy (non-hydrogen) atoms. The van der Waals surface area contributed by atoms with Gasteiger partial charge in [-0.05, 0) is 44.9 Å². The third kappa shape index (κ3) is 28.8. The molecule has 0 saturated carbocycles. The van der Waals surface area contributed by atoms with Crippen molar-refractivity contribution in [3.05, 3.63) is 24.3 Å². The van der Waals surface area contributed by atoms with E-state index in [4.69, 9.17) is 18.9 Å². The molecule has 14 heteroatoms. The van der Waals surface area contributed by atoms with E-state index in [1.807, 2.05) is 6.08 Å². The summed E-state index contributed by atoms with van der Waals surface area (Å²) >= 11 is 0. The van der Waals surface area contributed by atoms with E-state index in [0.717, 1.165) is 38.5 Å². The van der Waals surface area contributed by atoms with Crippen LogP contribution < -0.4 is 5.32 Å². The van der Waals surface area contributed by atoms with Crippen LogP contribution in [-0.2, 0) is 23.7 Å². The summed E-state index contributed by atoms with van der Waals surface area (Å²) in [7, 11) is 0. The minimum atomic E-state index is -1.79. The second kappa shape index (κ2) is 42.8. The molecular weight excluding hydrogens is 895 g/mol. The van der Waals surface area contributed by atoms with Gasteiger partial charge in [0.1, 0.15) is 48.8 Å². The number of allylic oxidation sites excluding steroid dienone is 3. The Kier molecular flexibility index (Phi) is 39.5. The average molecular weight is 1000 g/mol. The van der Waals surface area contributed by atoms with Gasteiger partial charge in [0.15, 0.2) is 12.6 Å². The van der Waals surface area contributed by atoms with E-state index in [1.54, 1.807) is 6.08 Å². The lowest BCUT2D eigenvalue weighted by Crippen LogP contribution is -2.65. The van der Waals surface area contributed by atoms with Gasteiger partial charge >= 0.3 is 0 Å². The third-order valence-corrected chi connectivity index (χ3v) is 14.1. The normalized spacial score (nSPS) is 26.1. The number of aliphatic hydroxyl groups is 8. The summed E-state index contributed by atoms with van der Waals surface area (Å²) in [5, 5.41) is 86.9. The van der Waals surface area contributed by atoms with E-state index in [-0.39, 0.29) is 18.9 Å². The molecule has 1 amide bonds. The number of unbranched alkanes of at least 4 members (excludes halogenated alkanes) is 30. The van der Waals surface area contributed by atoms with Crippen LogP contribution in [0.2, 0.25) is 0 Å². The van der Waals surface area contributed by atoms with Gasteiger partial charge in [-0.2, -0.15) is 0 Å². The first-order chi connectivity index (χ1) is 34.1. The molecule has 12 unspecified atom stereocenters. The van der Waals surface area contributed by atoms with Crippen molar-refractivity contribution in [1.29, 1.82) is 0 Å². The molecule has 0 aliphatic carbocycles. The van der Waals surface area contributed by atoms with Crippen molar-refractivity contribution in [3.63, 3.8) is 0 Å². The highest BCUT2D eigenvalue weighted by Gasteiger charge is 2.51. The maximum Gasteiger partial charge on any atom is 0.220 e. The van der Waals surface area contributed by atoms with Crippen LogP contribution in [0.3, 0.4) is 0 Å². The molecular formula is C56H105NO13. The quantitative estimate of drug-likeness (QED) is 0.0205. The van der Waals surface area contributed by atoms with Crippen molar-refractivity contribution in [2.75, 3.05) is 19.8 Å². The zero-order valence-electron chi connectivity index (χ0n) is 44.0. The predicted molar refractivity (Wildman–Crippen MR) is 277 cm³/mol. The van der Waals surface area contributed by atoms with Gasteiger partial charge in [-0.25, -0.2) is 0 Å². The van der Waals surface area contributed by atoms with Gasteiger partial charge in [0.05, 0.1) is 32.0 Å². The van der Waals surface area contributed by atoms with Crippen molar-refractivity contribution >= 4 is 5.91 Å². The summed E-state index contributed by atoms with van der Waals surface area (Å²) in [6.45, 7) is 2.79. The zero-order valence-corrected chi connectivity index (χ0v) is 44.0. The van der Waals surface area contributed by atoms with Crippen molar-refractivity contribution in [2.24, 2.45) is 0 Å². The Bertz CT molecular complexity index is 1270. The fraction of sp³-hybridized carbons (Fsp3) is 0.911. The summed E-state index contributed by atoms with van der Waals surface area (Å²) in [4.78, 5) is 13.2. The maximum absolute atomic E-state index is 13.2. The van der Waals surface area contributed by atoms with Crippen LogP contribution in [0.25, 0.3) is 0 Å². The summed E-state index contributed by atoms with van der Waals surface area (Å²) in [6, 6.07) is -0.911. The van der Waals surface area contributed by atoms with E-state index in [1.165, 1.54) is 167 Å². The number of ether oxygens (including phenoxy) is 4. The van der Waals surface area contributed by atoms with Gasteiger partial charge in [-0.3, -0.25) is 4.79 Å². The summed E-state index contributed by atoms with van der Waals surface area (Å²) in [5.41, 5.74) is 0. The molecule has 2 aliphatic rings. The lowest BCUT2D eigenvalue weighted by molar-refractivity contribution is -0.359. The molecule has 0 bridgehead atoms. The number of carbonyl (C=O) groups excluding carboxylic acids is 1. The SMILES string of the molecule is CCCCCCCCC=CCCCCCCCCCCCCCCCC(=O)NC(COC1OC(CO)C(OC2OC(CO)C(O)C(O)C2O)C(O)C1O)C(O)C=CCCCCCCCCCCCCC. The molecule has 14 nitrogen and oxygen atoms in total. The molecule has 2 rings (SSSR count). The van der Waals surface area contributed by atoms with Crippen LogP contribution >= 0.6 is 0 Å². The van der Waals surface area contributed by atoms with Crippen molar-refractivity contribution < 1.29 is 64.6 Å².